The molecule has 2 N–H and O–H groups in total. The Morgan fingerprint density at radius 1 is 0.974 bits per heavy atom. The summed E-state index contributed by atoms with van der Waals surface area (Å²) in [6.45, 7) is 4.18. The van der Waals surface area contributed by atoms with Gasteiger partial charge >= 0.3 is 6.03 Å². The number of imide groups is 1. The lowest BCUT2D eigenvalue weighted by molar-refractivity contribution is -0.125. The molecule has 2 aliphatic heterocycles. The van der Waals surface area contributed by atoms with Crippen LogP contribution in [0.1, 0.15) is 35.5 Å². The normalized spacial score (nSPS) is 17.7. The number of hydrogen-bond acceptors (Lipinski definition) is 6. The molecule has 0 saturated carbocycles. The summed E-state index contributed by atoms with van der Waals surface area (Å²) in [4.78, 5) is 45.4. The summed E-state index contributed by atoms with van der Waals surface area (Å²) in [6, 6.07) is 21.3. The van der Waals surface area contributed by atoms with Gasteiger partial charge in [0, 0.05) is 23.9 Å². The van der Waals surface area contributed by atoms with Crippen molar-refractivity contribution in [1.29, 1.82) is 0 Å². The second-order valence-corrected chi connectivity index (χ2v) is 8.88. The molecular weight excluding hydrogens is 496 g/mol. The largest absolute Gasteiger partial charge is 0.497 e. The van der Waals surface area contributed by atoms with Crippen LogP contribution in [0, 0.1) is 0 Å². The third-order valence-corrected chi connectivity index (χ3v) is 6.65. The molecule has 39 heavy (non-hydrogen) atoms. The number of amides is 4. The van der Waals surface area contributed by atoms with Crippen molar-refractivity contribution in [3.05, 3.63) is 95.8 Å². The molecule has 198 valence electrons. The lowest BCUT2D eigenvalue weighted by Crippen LogP contribution is -2.53. The molecule has 4 heterocycles. The van der Waals surface area contributed by atoms with Crippen LogP contribution >= 0.6 is 0 Å². The Labute approximate surface area is 225 Å². The van der Waals surface area contributed by atoms with Crippen molar-refractivity contribution in [2.75, 3.05) is 13.7 Å². The summed E-state index contributed by atoms with van der Waals surface area (Å²) in [5, 5.41) is 9.91. The molecule has 1 atom stereocenters. The molecule has 0 bridgehead atoms. The van der Waals surface area contributed by atoms with E-state index in [-0.39, 0.29) is 19.0 Å². The van der Waals surface area contributed by atoms with Gasteiger partial charge in [-0.2, -0.15) is 5.10 Å². The average molecular weight is 525 g/mol. The third-order valence-electron chi connectivity index (χ3n) is 6.65. The van der Waals surface area contributed by atoms with E-state index in [0.29, 0.717) is 28.5 Å². The maximum atomic E-state index is 13.5. The molecule has 0 aliphatic carbocycles. The number of pyridine rings is 1. The van der Waals surface area contributed by atoms with E-state index in [4.69, 9.17) is 9.84 Å². The van der Waals surface area contributed by atoms with E-state index in [1.54, 1.807) is 46.1 Å². The molecule has 2 aromatic heterocycles. The van der Waals surface area contributed by atoms with Crippen molar-refractivity contribution in [1.82, 2.24) is 30.3 Å². The van der Waals surface area contributed by atoms with Gasteiger partial charge in [0.25, 0.3) is 11.8 Å². The highest BCUT2D eigenvalue weighted by Gasteiger charge is 2.53. The number of nitrogens with one attached hydrogen (secondary N) is 2. The minimum atomic E-state index is -1.60. The number of benzene rings is 2. The molecule has 1 fully saturated rings. The second kappa shape index (κ2) is 10.4. The predicted molar refractivity (Wildman–Crippen MR) is 144 cm³/mol. The fourth-order valence-electron chi connectivity index (χ4n) is 4.83. The maximum absolute atomic E-state index is 13.5. The Hall–Kier alpha value is -4.99. The summed E-state index contributed by atoms with van der Waals surface area (Å²) in [6.07, 6.45) is 1.62. The Morgan fingerprint density at radius 3 is 2.41 bits per heavy atom. The summed E-state index contributed by atoms with van der Waals surface area (Å²) in [5.74, 6) is 0.204. The van der Waals surface area contributed by atoms with Crippen molar-refractivity contribution < 1.29 is 19.1 Å². The Morgan fingerprint density at radius 2 is 1.74 bits per heavy atom. The first kappa shape index (κ1) is 25.7. The number of fused-ring (bicyclic) bond motifs is 1. The molecule has 2 aromatic carbocycles. The zero-order valence-corrected chi connectivity index (χ0v) is 21.8. The lowest BCUT2D eigenvalue weighted by atomic mass is 9.93. The van der Waals surface area contributed by atoms with Gasteiger partial charge in [0.1, 0.15) is 5.75 Å². The number of nitrogens with zero attached hydrogens (tertiary/aromatic N) is 4. The molecule has 1 saturated heterocycles. The second-order valence-electron chi connectivity index (χ2n) is 8.88. The van der Waals surface area contributed by atoms with Gasteiger partial charge in [-0.25, -0.2) is 14.5 Å². The van der Waals surface area contributed by atoms with Gasteiger partial charge in [0.2, 0.25) is 0 Å². The number of hydrogen-bond donors (Lipinski definition) is 2. The molecule has 10 nitrogen and oxygen atoms in total. The smallest absolute Gasteiger partial charge is 0.322 e. The van der Waals surface area contributed by atoms with Crippen molar-refractivity contribution >= 4 is 17.8 Å². The van der Waals surface area contributed by atoms with Gasteiger partial charge in [0.05, 0.1) is 25.0 Å². The Bertz CT molecular complexity index is 1540. The third kappa shape index (κ3) is 4.50. The highest BCUT2D eigenvalue weighted by molar-refractivity contribution is 6.08. The highest BCUT2D eigenvalue weighted by atomic mass is 16.5. The Balaban J connectivity index is 0.00000151. The first-order valence-electron chi connectivity index (χ1n) is 12.7. The van der Waals surface area contributed by atoms with E-state index in [2.05, 4.69) is 15.6 Å². The fraction of sp³-hybridized carbons (Fsp3) is 0.207. The molecule has 0 unspecified atom stereocenters. The molecule has 0 radical (unpaired) electrons. The summed E-state index contributed by atoms with van der Waals surface area (Å²) >= 11 is 0. The lowest BCUT2D eigenvalue weighted by Gasteiger charge is -2.31. The number of methoxy groups -OCH3 is 1. The van der Waals surface area contributed by atoms with E-state index in [1.807, 2.05) is 56.3 Å². The van der Waals surface area contributed by atoms with Crippen LogP contribution in [0.4, 0.5) is 4.79 Å². The van der Waals surface area contributed by atoms with Crippen molar-refractivity contribution in [3.63, 3.8) is 0 Å². The number of urea groups is 1. The first-order chi connectivity index (χ1) is 19.0. The minimum absolute atomic E-state index is 0.104. The van der Waals surface area contributed by atoms with Crippen LogP contribution in [0.2, 0.25) is 0 Å². The van der Waals surface area contributed by atoms with Gasteiger partial charge in [0.15, 0.2) is 11.4 Å². The quantitative estimate of drug-likeness (QED) is 0.372. The van der Waals surface area contributed by atoms with E-state index in [1.165, 1.54) is 7.11 Å². The topological polar surface area (TPSA) is 118 Å². The highest BCUT2D eigenvalue weighted by Crippen LogP contribution is 2.35. The van der Waals surface area contributed by atoms with Crippen molar-refractivity contribution in [2.45, 2.75) is 25.9 Å². The first-order valence-corrected chi connectivity index (χ1v) is 12.7. The van der Waals surface area contributed by atoms with Crippen LogP contribution in [-0.2, 0) is 16.9 Å². The van der Waals surface area contributed by atoms with E-state index in [9.17, 15) is 14.4 Å². The number of carbonyl (C=O) groups excluding carboxylic acids is 3. The van der Waals surface area contributed by atoms with Gasteiger partial charge in [-0.1, -0.05) is 56.3 Å². The van der Waals surface area contributed by atoms with Crippen LogP contribution in [0.5, 0.6) is 5.75 Å². The zero-order chi connectivity index (χ0) is 27.6. The molecular formula is C29H28N6O4. The van der Waals surface area contributed by atoms with E-state index < -0.39 is 17.5 Å². The molecule has 4 aromatic rings. The van der Waals surface area contributed by atoms with E-state index in [0.717, 1.165) is 11.1 Å². The van der Waals surface area contributed by atoms with Crippen LogP contribution in [0.15, 0.2) is 79.0 Å². The summed E-state index contributed by atoms with van der Waals surface area (Å²) < 4.78 is 6.82. The van der Waals surface area contributed by atoms with E-state index >= 15 is 0 Å². The number of ether oxygens (including phenoxy) is 1. The molecule has 10 heteroatoms. The van der Waals surface area contributed by atoms with Gasteiger partial charge in [-0.05, 0) is 35.9 Å². The van der Waals surface area contributed by atoms with Crippen molar-refractivity contribution in [3.8, 4) is 22.8 Å². The minimum Gasteiger partial charge on any atom is -0.497 e. The Kier molecular flexibility index (Phi) is 6.84. The maximum Gasteiger partial charge on any atom is 0.322 e. The summed E-state index contributed by atoms with van der Waals surface area (Å²) in [7, 11) is 1.54. The molecule has 0 spiro atoms. The average Bonchev–Trinajstić information content (AvgIpc) is 3.64. The van der Waals surface area contributed by atoms with Crippen LogP contribution in [0.3, 0.4) is 0 Å². The van der Waals surface area contributed by atoms with Gasteiger partial charge in [-0.3, -0.25) is 14.9 Å². The zero-order valence-electron chi connectivity index (χ0n) is 21.8. The summed E-state index contributed by atoms with van der Waals surface area (Å²) in [5.41, 5.74) is 1.52. The molecule has 6 rings (SSSR count). The van der Waals surface area contributed by atoms with Crippen LogP contribution in [0.25, 0.3) is 17.1 Å². The number of carbonyl (C=O) groups is 3. The molecule has 4 amide bonds. The molecule has 2 aliphatic rings. The number of rotatable bonds is 6. The van der Waals surface area contributed by atoms with Gasteiger partial charge < -0.3 is 15.0 Å². The monoisotopic (exact) mass is 524 g/mol. The van der Waals surface area contributed by atoms with Crippen LogP contribution < -0.4 is 15.4 Å². The standard InChI is InChI=1S/C27H22N6O4.C2H6/c1-37-19-11-10-18-15-32(24(34)20(18)13-19)16-27(25(35)29-26(36)30-27)22-14-21(17-7-3-2-4-8-17)31-33(22)23-9-5-6-12-28-23;1-2/h2-14H,15-16H2,1H3,(H2,29,30,35,36);1-2H3/t27-;/m0./s1. The SMILES string of the molecule is CC.COc1ccc2c(c1)C(=O)N(C[C@@]1(c3cc(-c4ccccc4)nn3-c3ccccn3)NC(=O)NC1=O)C2. The predicted octanol–water partition coefficient (Wildman–Crippen LogP) is 3.66. The number of aromatic nitrogens is 3. The van der Waals surface area contributed by atoms with Crippen LogP contribution in [-0.4, -0.2) is 51.2 Å². The van der Waals surface area contributed by atoms with Gasteiger partial charge in [-0.15, -0.1) is 0 Å². The van der Waals surface area contributed by atoms with Crippen molar-refractivity contribution in [2.24, 2.45) is 0 Å². The fourth-order valence-corrected chi connectivity index (χ4v) is 4.83.